The third kappa shape index (κ3) is 1.91. The fourth-order valence-corrected chi connectivity index (χ4v) is 1.39. The first kappa shape index (κ1) is 10.3. The molecule has 1 aliphatic heterocycles. The van der Waals surface area contributed by atoms with Crippen LogP contribution < -0.4 is 4.74 Å². The summed E-state index contributed by atoms with van der Waals surface area (Å²) in [4.78, 5) is 11.0. The highest BCUT2D eigenvalue weighted by atomic mass is 16.7. The number of methoxy groups -OCH3 is 1. The number of aliphatic carboxylic acids is 1. The molecule has 0 bridgehead atoms. The van der Waals surface area contributed by atoms with E-state index >= 15 is 0 Å². The quantitative estimate of drug-likeness (QED) is 0.825. The van der Waals surface area contributed by atoms with Gasteiger partial charge in [0, 0.05) is 11.6 Å². The number of fused-ring (bicyclic) bond motifs is 1. The lowest BCUT2D eigenvalue weighted by atomic mass is 10.1. The molecule has 82 valence electrons. The molecule has 0 atom stereocenters. The molecule has 2 rings (SSSR count). The first-order valence-electron chi connectivity index (χ1n) is 4.68. The Morgan fingerprint density at radius 1 is 1.31 bits per heavy atom. The van der Waals surface area contributed by atoms with Crippen LogP contribution in [0.4, 0.5) is 0 Å². The Labute approximate surface area is 92.4 Å². The van der Waals surface area contributed by atoms with E-state index in [-0.39, 0.29) is 11.5 Å². The minimum absolute atomic E-state index is 0.127. The van der Waals surface area contributed by atoms with E-state index in [1.807, 2.05) is 12.1 Å². The summed E-state index contributed by atoms with van der Waals surface area (Å²) in [7, 11) is 1.43. The number of benzene rings is 1. The van der Waals surface area contributed by atoms with Crippen molar-refractivity contribution in [2.45, 2.75) is 0 Å². The molecule has 0 radical (unpaired) electrons. The van der Waals surface area contributed by atoms with Crippen molar-refractivity contribution in [2.75, 3.05) is 7.11 Å². The molecule has 1 aromatic carbocycles. The Balaban J connectivity index is 2.53. The normalized spacial score (nSPS) is 13.8. The molecule has 1 aromatic rings. The maximum atomic E-state index is 11.0. The maximum absolute atomic E-state index is 11.0. The zero-order valence-corrected chi connectivity index (χ0v) is 8.64. The van der Waals surface area contributed by atoms with Crippen molar-refractivity contribution < 1.29 is 19.4 Å². The minimum atomic E-state index is -1.02. The standard InChI is InChI=1S/C12H10O4/c1-15-11-7-9(12(13)14)6-8-4-2-3-5-10(8)16-11/h2-7H,1H3,(H,13,14). The van der Waals surface area contributed by atoms with Gasteiger partial charge in [0.1, 0.15) is 5.75 Å². The van der Waals surface area contributed by atoms with Crippen LogP contribution in [-0.4, -0.2) is 18.2 Å². The molecule has 4 nitrogen and oxygen atoms in total. The second kappa shape index (κ2) is 4.10. The Bertz CT molecular complexity index is 486. The van der Waals surface area contributed by atoms with Crippen LogP contribution >= 0.6 is 0 Å². The monoisotopic (exact) mass is 218 g/mol. The van der Waals surface area contributed by atoms with Crippen molar-refractivity contribution in [3.8, 4) is 5.75 Å². The van der Waals surface area contributed by atoms with Gasteiger partial charge in [0.25, 0.3) is 5.95 Å². The topological polar surface area (TPSA) is 55.8 Å². The molecule has 4 heteroatoms. The summed E-state index contributed by atoms with van der Waals surface area (Å²) in [6.07, 6.45) is 2.89. The summed E-state index contributed by atoms with van der Waals surface area (Å²) in [5.41, 5.74) is 0.838. The van der Waals surface area contributed by atoms with Gasteiger partial charge in [0.2, 0.25) is 0 Å². The van der Waals surface area contributed by atoms with E-state index in [1.165, 1.54) is 13.2 Å². The summed E-state index contributed by atoms with van der Waals surface area (Å²) in [5, 5.41) is 8.98. The summed E-state index contributed by atoms with van der Waals surface area (Å²) in [6, 6.07) is 7.16. The van der Waals surface area contributed by atoms with Gasteiger partial charge in [0.15, 0.2) is 0 Å². The number of carboxylic acid groups (broad SMARTS) is 1. The number of para-hydroxylation sites is 1. The summed E-state index contributed by atoms with van der Waals surface area (Å²) < 4.78 is 10.4. The highest BCUT2D eigenvalue weighted by Crippen LogP contribution is 2.27. The molecule has 0 aliphatic carbocycles. The second-order valence-corrected chi connectivity index (χ2v) is 3.21. The van der Waals surface area contributed by atoms with Crippen LogP contribution in [0.15, 0.2) is 41.9 Å². The molecular weight excluding hydrogens is 208 g/mol. The lowest BCUT2D eigenvalue weighted by molar-refractivity contribution is -0.132. The zero-order valence-electron chi connectivity index (χ0n) is 8.64. The zero-order chi connectivity index (χ0) is 11.5. The number of carbonyl (C=O) groups is 1. The predicted molar refractivity (Wildman–Crippen MR) is 57.8 cm³/mol. The Morgan fingerprint density at radius 3 is 2.75 bits per heavy atom. The van der Waals surface area contributed by atoms with Gasteiger partial charge < -0.3 is 14.6 Å². The van der Waals surface area contributed by atoms with Crippen LogP contribution in [0, 0.1) is 0 Å². The van der Waals surface area contributed by atoms with E-state index in [0.717, 1.165) is 0 Å². The average Bonchev–Trinajstić information content (AvgIpc) is 2.47. The number of hydrogen-bond acceptors (Lipinski definition) is 3. The summed E-state index contributed by atoms with van der Waals surface area (Å²) >= 11 is 0. The minimum Gasteiger partial charge on any atom is -0.478 e. The predicted octanol–water partition coefficient (Wildman–Crippen LogP) is 2.03. The molecule has 0 saturated heterocycles. The van der Waals surface area contributed by atoms with Crippen molar-refractivity contribution in [2.24, 2.45) is 0 Å². The fourth-order valence-electron chi connectivity index (χ4n) is 1.39. The number of rotatable bonds is 2. The van der Waals surface area contributed by atoms with E-state index in [4.69, 9.17) is 14.6 Å². The van der Waals surface area contributed by atoms with Gasteiger partial charge in [-0.15, -0.1) is 0 Å². The Kier molecular flexibility index (Phi) is 2.64. The number of hydrogen-bond donors (Lipinski definition) is 1. The molecule has 1 heterocycles. The molecule has 1 N–H and O–H groups in total. The van der Waals surface area contributed by atoms with Gasteiger partial charge in [-0.3, -0.25) is 0 Å². The highest BCUT2D eigenvalue weighted by molar-refractivity contribution is 5.96. The van der Waals surface area contributed by atoms with E-state index in [0.29, 0.717) is 11.3 Å². The van der Waals surface area contributed by atoms with Gasteiger partial charge in [-0.2, -0.15) is 0 Å². The molecule has 0 unspecified atom stereocenters. The van der Waals surface area contributed by atoms with Crippen molar-refractivity contribution >= 4 is 12.0 Å². The largest absolute Gasteiger partial charge is 0.478 e. The molecule has 1 aliphatic rings. The maximum Gasteiger partial charge on any atom is 0.335 e. The molecular formula is C12H10O4. The molecule has 0 spiro atoms. The molecule has 16 heavy (non-hydrogen) atoms. The average molecular weight is 218 g/mol. The smallest absolute Gasteiger partial charge is 0.335 e. The van der Waals surface area contributed by atoms with Gasteiger partial charge in [-0.1, -0.05) is 18.2 Å². The van der Waals surface area contributed by atoms with E-state index < -0.39 is 5.97 Å². The highest BCUT2D eigenvalue weighted by Gasteiger charge is 2.15. The van der Waals surface area contributed by atoms with Crippen molar-refractivity contribution in [3.05, 3.63) is 47.4 Å². The number of ether oxygens (including phenoxy) is 2. The van der Waals surface area contributed by atoms with Gasteiger partial charge >= 0.3 is 5.97 Å². The lowest BCUT2D eigenvalue weighted by Gasteiger charge is -2.07. The van der Waals surface area contributed by atoms with Crippen LogP contribution in [0.1, 0.15) is 5.56 Å². The van der Waals surface area contributed by atoms with Gasteiger partial charge in [0.05, 0.1) is 12.7 Å². The Hall–Kier alpha value is -2.23. The van der Waals surface area contributed by atoms with Crippen LogP contribution in [-0.2, 0) is 9.53 Å². The van der Waals surface area contributed by atoms with Gasteiger partial charge in [-0.05, 0) is 12.1 Å². The number of carboxylic acids is 1. The van der Waals surface area contributed by atoms with Crippen LogP contribution in [0.2, 0.25) is 0 Å². The summed E-state index contributed by atoms with van der Waals surface area (Å²) in [5.74, 6) is -0.277. The van der Waals surface area contributed by atoms with Crippen LogP contribution in [0.3, 0.4) is 0 Å². The van der Waals surface area contributed by atoms with E-state index in [1.54, 1.807) is 18.2 Å². The Morgan fingerprint density at radius 2 is 2.06 bits per heavy atom. The molecule has 0 saturated carbocycles. The van der Waals surface area contributed by atoms with Gasteiger partial charge in [-0.25, -0.2) is 4.79 Å². The first-order chi connectivity index (χ1) is 7.70. The second-order valence-electron chi connectivity index (χ2n) is 3.21. The molecule has 0 aromatic heterocycles. The van der Waals surface area contributed by atoms with E-state index in [9.17, 15) is 4.79 Å². The van der Waals surface area contributed by atoms with Crippen LogP contribution in [0.5, 0.6) is 5.75 Å². The molecule has 0 fully saturated rings. The first-order valence-corrected chi connectivity index (χ1v) is 4.68. The SMILES string of the molecule is COC1=CC(C(=O)O)=Cc2ccccc2O1. The molecule has 0 amide bonds. The third-order valence-corrected chi connectivity index (χ3v) is 2.16. The lowest BCUT2D eigenvalue weighted by Crippen LogP contribution is -2.01. The van der Waals surface area contributed by atoms with Crippen molar-refractivity contribution in [1.82, 2.24) is 0 Å². The van der Waals surface area contributed by atoms with Crippen LogP contribution in [0.25, 0.3) is 6.08 Å². The summed E-state index contributed by atoms with van der Waals surface area (Å²) in [6.45, 7) is 0. The van der Waals surface area contributed by atoms with E-state index in [2.05, 4.69) is 0 Å². The fraction of sp³-hybridized carbons (Fsp3) is 0.0833. The third-order valence-electron chi connectivity index (χ3n) is 2.16. The van der Waals surface area contributed by atoms with Crippen molar-refractivity contribution in [1.29, 1.82) is 0 Å². The van der Waals surface area contributed by atoms with Crippen molar-refractivity contribution in [3.63, 3.8) is 0 Å².